The maximum absolute atomic E-state index is 11.8. The fourth-order valence-corrected chi connectivity index (χ4v) is 3.00. The zero-order valence-electron chi connectivity index (χ0n) is 11.9. The van der Waals surface area contributed by atoms with E-state index in [4.69, 9.17) is 11.6 Å². The van der Waals surface area contributed by atoms with Gasteiger partial charge in [-0.3, -0.25) is 4.79 Å². The van der Waals surface area contributed by atoms with E-state index in [1.54, 1.807) is 6.07 Å². The zero-order valence-corrected chi connectivity index (χ0v) is 12.6. The smallest absolute Gasteiger partial charge is 0.231 e. The molecule has 1 amide bonds. The summed E-state index contributed by atoms with van der Waals surface area (Å²) in [5.41, 5.74) is 4.17. The van der Waals surface area contributed by atoms with Gasteiger partial charge in [0.05, 0.1) is 5.92 Å². The van der Waals surface area contributed by atoms with Crippen LogP contribution in [-0.2, 0) is 4.79 Å². The van der Waals surface area contributed by atoms with E-state index in [0.29, 0.717) is 10.6 Å². The molecule has 0 bridgehead atoms. The number of hydrogen-bond donors (Lipinski definition) is 2. The summed E-state index contributed by atoms with van der Waals surface area (Å²) in [5.74, 6) is -0.199. The van der Waals surface area contributed by atoms with E-state index in [1.807, 2.05) is 44.2 Å². The molecule has 2 atom stereocenters. The number of aryl methyl sites for hydroxylation is 1. The Labute approximate surface area is 128 Å². The summed E-state index contributed by atoms with van der Waals surface area (Å²) in [4.78, 5) is 11.8. The fraction of sp³-hybridized carbons (Fsp3) is 0.235. The second-order valence-corrected chi connectivity index (χ2v) is 5.84. The van der Waals surface area contributed by atoms with Crippen molar-refractivity contribution in [3.05, 3.63) is 63.7 Å². The van der Waals surface area contributed by atoms with E-state index >= 15 is 0 Å². The summed E-state index contributed by atoms with van der Waals surface area (Å²) in [7, 11) is 0. The number of amides is 1. The van der Waals surface area contributed by atoms with Crippen LogP contribution in [0.2, 0.25) is 5.02 Å². The lowest BCUT2D eigenvalue weighted by Crippen LogP contribution is -2.08. The number of carbonyl (C=O) groups excluding carboxylic acids is 1. The average Bonchev–Trinajstić information content (AvgIpc) is 2.75. The molecular formula is C17H16ClNO2. The highest BCUT2D eigenvalue weighted by Gasteiger charge is 2.29. The lowest BCUT2D eigenvalue weighted by Gasteiger charge is -2.16. The van der Waals surface area contributed by atoms with E-state index in [0.717, 1.165) is 22.4 Å². The standard InChI is InChI=1S/C17H16ClNO2/c1-9-7-11(8-13-10(2)17(21)19-15(9)13)16(20)12-5-3-4-6-14(12)18/h3-8,10,16,20H,1-2H3,(H,19,21). The van der Waals surface area contributed by atoms with Crippen molar-refractivity contribution in [2.75, 3.05) is 5.32 Å². The van der Waals surface area contributed by atoms with Crippen molar-refractivity contribution in [2.24, 2.45) is 0 Å². The van der Waals surface area contributed by atoms with Crippen molar-refractivity contribution in [1.82, 2.24) is 0 Å². The summed E-state index contributed by atoms with van der Waals surface area (Å²) >= 11 is 6.15. The van der Waals surface area contributed by atoms with Gasteiger partial charge in [0, 0.05) is 16.3 Å². The maximum Gasteiger partial charge on any atom is 0.231 e. The Morgan fingerprint density at radius 1 is 1.29 bits per heavy atom. The van der Waals surface area contributed by atoms with Crippen LogP contribution in [0.3, 0.4) is 0 Å². The van der Waals surface area contributed by atoms with Gasteiger partial charge in [-0.15, -0.1) is 0 Å². The first-order valence-corrected chi connectivity index (χ1v) is 7.24. The summed E-state index contributed by atoms with van der Waals surface area (Å²) in [6, 6.07) is 11.0. The number of carbonyl (C=O) groups is 1. The van der Waals surface area contributed by atoms with E-state index in [-0.39, 0.29) is 11.8 Å². The van der Waals surface area contributed by atoms with Gasteiger partial charge in [0.1, 0.15) is 6.10 Å². The maximum atomic E-state index is 11.8. The minimum absolute atomic E-state index is 0.00233. The van der Waals surface area contributed by atoms with Crippen LogP contribution < -0.4 is 5.32 Å². The largest absolute Gasteiger partial charge is 0.384 e. The molecule has 2 aromatic carbocycles. The molecule has 2 unspecified atom stereocenters. The van der Waals surface area contributed by atoms with Crippen molar-refractivity contribution in [3.63, 3.8) is 0 Å². The molecule has 4 heteroatoms. The number of rotatable bonds is 2. The van der Waals surface area contributed by atoms with Crippen LogP contribution in [0.25, 0.3) is 0 Å². The highest BCUT2D eigenvalue weighted by Crippen LogP contribution is 2.38. The normalized spacial score (nSPS) is 18.3. The molecule has 3 nitrogen and oxygen atoms in total. The van der Waals surface area contributed by atoms with Crippen molar-refractivity contribution in [2.45, 2.75) is 25.9 Å². The predicted molar refractivity (Wildman–Crippen MR) is 83.7 cm³/mol. The Balaban J connectivity index is 2.07. The van der Waals surface area contributed by atoms with Gasteiger partial charge in [0.15, 0.2) is 0 Å². The summed E-state index contributed by atoms with van der Waals surface area (Å²) in [5, 5.41) is 14.0. The van der Waals surface area contributed by atoms with Gasteiger partial charge in [-0.2, -0.15) is 0 Å². The molecule has 1 heterocycles. The minimum atomic E-state index is -0.800. The molecule has 21 heavy (non-hydrogen) atoms. The third-order valence-corrected chi connectivity index (χ3v) is 4.36. The molecule has 0 aromatic heterocycles. The van der Waals surface area contributed by atoms with Gasteiger partial charge >= 0.3 is 0 Å². The van der Waals surface area contributed by atoms with Crippen molar-refractivity contribution in [1.29, 1.82) is 0 Å². The number of aliphatic hydroxyl groups excluding tert-OH is 1. The van der Waals surface area contributed by atoms with Gasteiger partial charge < -0.3 is 10.4 Å². The quantitative estimate of drug-likeness (QED) is 0.886. The lowest BCUT2D eigenvalue weighted by atomic mass is 9.93. The molecule has 3 rings (SSSR count). The van der Waals surface area contributed by atoms with Gasteiger partial charge in [0.2, 0.25) is 5.91 Å². The number of anilines is 1. The molecular weight excluding hydrogens is 286 g/mol. The topological polar surface area (TPSA) is 49.3 Å². The van der Waals surface area contributed by atoms with Crippen LogP contribution in [0.1, 0.15) is 41.2 Å². The van der Waals surface area contributed by atoms with Crippen LogP contribution in [0.15, 0.2) is 36.4 Å². The summed E-state index contributed by atoms with van der Waals surface area (Å²) in [6.45, 7) is 3.80. The van der Waals surface area contributed by atoms with Gasteiger partial charge in [-0.05, 0) is 42.7 Å². The average molecular weight is 302 g/mol. The van der Waals surface area contributed by atoms with Gasteiger partial charge in [0.25, 0.3) is 0 Å². The van der Waals surface area contributed by atoms with E-state index in [9.17, 15) is 9.90 Å². The molecule has 2 aromatic rings. The molecule has 1 aliphatic heterocycles. The van der Waals surface area contributed by atoms with Crippen molar-refractivity contribution in [3.8, 4) is 0 Å². The lowest BCUT2D eigenvalue weighted by molar-refractivity contribution is -0.116. The minimum Gasteiger partial charge on any atom is -0.384 e. The first kappa shape index (κ1) is 14.1. The highest BCUT2D eigenvalue weighted by molar-refractivity contribution is 6.31. The predicted octanol–water partition coefficient (Wildman–Crippen LogP) is 3.79. The number of hydrogen-bond acceptors (Lipinski definition) is 2. The Kier molecular flexibility index (Phi) is 3.47. The number of aliphatic hydroxyl groups is 1. The SMILES string of the molecule is Cc1cc(C(O)c2ccccc2Cl)cc2c1NC(=O)C2C. The highest BCUT2D eigenvalue weighted by atomic mass is 35.5. The van der Waals surface area contributed by atoms with Crippen LogP contribution in [-0.4, -0.2) is 11.0 Å². The molecule has 0 saturated carbocycles. The Bertz CT molecular complexity index is 727. The van der Waals surface area contributed by atoms with Crippen molar-refractivity contribution < 1.29 is 9.90 Å². The summed E-state index contributed by atoms with van der Waals surface area (Å²) < 4.78 is 0. The molecule has 0 aliphatic carbocycles. The van der Waals surface area contributed by atoms with Crippen LogP contribution in [0.5, 0.6) is 0 Å². The Morgan fingerprint density at radius 2 is 2.00 bits per heavy atom. The molecule has 0 radical (unpaired) electrons. The number of halogens is 1. The molecule has 0 saturated heterocycles. The first-order valence-electron chi connectivity index (χ1n) is 6.87. The second kappa shape index (κ2) is 5.17. The molecule has 2 N–H and O–H groups in total. The molecule has 0 spiro atoms. The van der Waals surface area contributed by atoms with E-state index in [2.05, 4.69) is 5.32 Å². The monoisotopic (exact) mass is 301 g/mol. The third kappa shape index (κ3) is 2.33. The molecule has 1 aliphatic rings. The van der Waals surface area contributed by atoms with Crippen molar-refractivity contribution >= 4 is 23.2 Å². The number of nitrogens with one attached hydrogen (secondary N) is 1. The Morgan fingerprint density at radius 3 is 2.71 bits per heavy atom. The van der Waals surface area contributed by atoms with Crippen LogP contribution in [0, 0.1) is 6.92 Å². The summed E-state index contributed by atoms with van der Waals surface area (Å²) in [6.07, 6.45) is -0.800. The molecule has 0 fully saturated rings. The Hall–Kier alpha value is -1.84. The first-order chi connectivity index (χ1) is 9.99. The van der Waals surface area contributed by atoms with Gasteiger partial charge in [-0.1, -0.05) is 35.9 Å². The molecule has 108 valence electrons. The number of benzene rings is 2. The van der Waals surface area contributed by atoms with Crippen LogP contribution in [0.4, 0.5) is 5.69 Å². The number of fused-ring (bicyclic) bond motifs is 1. The van der Waals surface area contributed by atoms with E-state index < -0.39 is 6.10 Å². The zero-order chi connectivity index (χ0) is 15.1. The third-order valence-electron chi connectivity index (χ3n) is 4.01. The fourth-order valence-electron chi connectivity index (χ4n) is 2.76. The second-order valence-electron chi connectivity index (χ2n) is 5.44. The van der Waals surface area contributed by atoms with E-state index in [1.165, 1.54) is 0 Å². The van der Waals surface area contributed by atoms with Crippen LogP contribution >= 0.6 is 11.6 Å². The van der Waals surface area contributed by atoms with Gasteiger partial charge in [-0.25, -0.2) is 0 Å².